The van der Waals surface area contributed by atoms with E-state index >= 15 is 0 Å². The molecule has 0 aliphatic heterocycles. The van der Waals surface area contributed by atoms with Crippen molar-refractivity contribution in [3.05, 3.63) is 59.7 Å². The van der Waals surface area contributed by atoms with E-state index in [1.165, 1.54) is 4.90 Å². The van der Waals surface area contributed by atoms with Gasteiger partial charge >= 0.3 is 5.97 Å². The lowest BCUT2D eigenvalue weighted by Crippen LogP contribution is -2.35. The summed E-state index contributed by atoms with van der Waals surface area (Å²) in [6.45, 7) is 3.99. The predicted molar refractivity (Wildman–Crippen MR) is 102 cm³/mol. The van der Waals surface area contributed by atoms with Crippen LogP contribution in [0.2, 0.25) is 0 Å². The molecule has 0 atom stereocenters. The van der Waals surface area contributed by atoms with Crippen molar-refractivity contribution in [3.63, 3.8) is 0 Å². The van der Waals surface area contributed by atoms with Crippen LogP contribution in [-0.2, 0) is 9.53 Å². The Morgan fingerprint density at radius 3 is 2.48 bits per heavy atom. The van der Waals surface area contributed by atoms with Gasteiger partial charge in [0.05, 0.1) is 19.1 Å². The molecule has 6 nitrogen and oxygen atoms in total. The number of carbonyl (C=O) groups is 2. The van der Waals surface area contributed by atoms with Crippen molar-refractivity contribution in [2.45, 2.75) is 20.3 Å². The van der Waals surface area contributed by atoms with E-state index in [1.807, 2.05) is 32.0 Å². The van der Waals surface area contributed by atoms with Gasteiger partial charge in [-0.05, 0) is 38.1 Å². The average Bonchev–Trinajstić information content (AvgIpc) is 2.68. The standard InChI is InChI=1S/C21H22N2O4/c1-3-26-19-8-5-4-7-18(19)21(25)27-15-20(24)23(14-6-13-22)17-11-9-16(2)10-12-17/h4-5,7-12H,3,6,14-15H2,1-2H3. The van der Waals surface area contributed by atoms with Crippen molar-refractivity contribution >= 4 is 17.6 Å². The number of hydrogen-bond donors (Lipinski definition) is 0. The van der Waals surface area contributed by atoms with E-state index in [9.17, 15) is 9.59 Å². The van der Waals surface area contributed by atoms with Gasteiger partial charge in [-0.1, -0.05) is 29.8 Å². The number of esters is 1. The number of amides is 1. The Bertz CT molecular complexity index is 825. The Kier molecular flexibility index (Phi) is 7.38. The van der Waals surface area contributed by atoms with Gasteiger partial charge < -0.3 is 14.4 Å². The first-order valence-corrected chi connectivity index (χ1v) is 8.69. The number of nitrogens with zero attached hydrogens (tertiary/aromatic N) is 2. The maximum absolute atomic E-state index is 12.6. The van der Waals surface area contributed by atoms with Crippen LogP contribution in [0.4, 0.5) is 5.69 Å². The molecule has 0 spiro atoms. The van der Waals surface area contributed by atoms with Gasteiger partial charge in [0.2, 0.25) is 0 Å². The Labute approximate surface area is 158 Å². The van der Waals surface area contributed by atoms with E-state index in [2.05, 4.69) is 0 Å². The number of nitriles is 1. The molecule has 0 unspecified atom stereocenters. The molecule has 0 fully saturated rings. The highest BCUT2D eigenvalue weighted by atomic mass is 16.5. The zero-order valence-electron chi connectivity index (χ0n) is 15.5. The molecule has 27 heavy (non-hydrogen) atoms. The quantitative estimate of drug-likeness (QED) is 0.668. The van der Waals surface area contributed by atoms with Crippen LogP contribution in [-0.4, -0.2) is 31.6 Å². The largest absolute Gasteiger partial charge is 0.493 e. The maximum atomic E-state index is 12.6. The molecule has 1 amide bonds. The number of benzene rings is 2. The zero-order valence-corrected chi connectivity index (χ0v) is 15.5. The number of anilines is 1. The topological polar surface area (TPSA) is 79.6 Å². The molecule has 0 aliphatic carbocycles. The van der Waals surface area contributed by atoms with Gasteiger partial charge in [-0.2, -0.15) is 5.26 Å². The fourth-order valence-corrected chi connectivity index (χ4v) is 2.48. The lowest BCUT2D eigenvalue weighted by molar-refractivity contribution is -0.121. The van der Waals surface area contributed by atoms with Gasteiger partial charge in [0.15, 0.2) is 6.61 Å². The van der Waals surface area contributed by atoms with Gasteiger partial charge in [-0.15, -0.1) is 0 Å². The summed E-state index contributed by atoms with van der Waals surface area (Å²) in [5, 5.41) is 8.85. The van der Waals surface area contributed by atoms with Gasteiger partial charge in [0, 0.05) is 12.2 Å². The number of ether oxygens (including phenoxy) is 2. The van der Waals surface area contributed by atoms with E-state index in [4.69, 9.17) is 14.7 Å². The van der Waals surface area contributed by atoms with E-state index in [1.54, 1.807) is 36.4 Å². The molecule has 2 aromatic carbocycles. The molecule has 0 saturated heterocycles. The molecular weight excluding hydrogens is 344 g/mol. The summed E-state index contributed by atoms with van der Waals surface area (Å²) in [6.07, 6.45) is 0.181. The smallest absolute Gasteiger partial charge is 0.342 e. The molecule has 0 radical (unpaired) electrons. The second-order valence-corrected chi connectivity index (χ2v) is 5.79. The highest BCUT2D eigenvalue weighted by Crippen LogP contribution is 2.20. The molecule has 0 aromatic heterocycles. The highest BCUT2D eigenvalue weighted by molar-refractivity contribution is 5.98. The molecule has 140 valence electrons. The van der Waals surface area contributed by atoms with Crippen LogP contribution >= 0.6 is 0 Å². The SMILES string of the molecule is CCOc1ccccc1C(=O)OCC(=O)N(CCC#N)c1ccc(C)cc1. The van der Waals surface area contributed by atoms with E-state index in [0.717, 1.165) is 5.56 Å². The first-order valence-electron chi connectivity index (χ1n) is 8.69. The molecule has 0 bridgehead atoms. The molecule has 0 aliphatic rings. The van der Waals surface area contributed by atoms with Crippen LogP contribution in [0.15, 0.2) is 48.5 Å². The van der Waals surface area contributed by atoms with Crippen molar-refractivity contribution in [3.8, 4) is 11.8 Å². The number of hydrogen-bond acceptors (Lipinski definition) is 5. The Morgan fingerprint density at radius 1 is 1.11 bits per heavy atom. The Balaban J connectivity index is 2.08. The van der Waals surface area contributed by atoms with Gasteiger partial charge in [0.25, 0.3) is 5.91 Å². The first kappa shape index (κ1) is 20.0. The monoisotopic (exact) mass is 366 g/mol. The van der Waals surface area contributed by atoms with Gasteiger partial charge in [0.1, 0.15) is 11.3 Å². The van der Waals surface area contributed by atoms with Crippen LogP contribution in [0, 0.1) is 18.3 Å². The summed E-state index contributed by atoms with van der Waals surface area (Å²) in [6, 6.07) is 16.1. The summed E-state index contributed by atoms with van der Waals surface area (Å²) in [4.78, 5) is 26.4. The maximum Gasteiger partial charge on any atom is 0.342 e. The third-order valence-electron chi connectivity index (χ3n) is 3.83. The van der Waals surface area contributed by atoms with Crippen molar-refractivity contribution < 1.29 is 19.1 Å². The fourth-order valence-electron chi connectivity index (χ4n) is 2.48. The lowest BCUT2D eigenvalue weighted by Gasteiger charge is -2.22. The molecule has 6 heteroatoms. The van der Waals surface area contributed by atoms with E-state index in [0.29, 0.717) is 18.0 Å². The van der Waals surface area contributed by atoms with Crippen molar-refractivity contribution in [2.75, 3.05) is 24.7 Å². The molecule has 0 heterocycles. The van der Waals surface area contributed by atoms with E-state index in [-0.39, 0.29) is 18.5 Å². The zero-order chi connectivity index (χ0) is 19.6. The minimum absolute atomic E-state index is 0.181. The van der Waals surface area contributed by atoms with Crippen LogP contribution < -0.4 is 9.64 Å². The molecule has 0 N–H and O–H groups in total. The first-order chi connectivity index (χ1) is 13.1. The van der Waals surface area contributed by atoms with E-state index < -0.39 is 18.5 Å². The van der Waals surface area contributed by atoms with Crippen molar-refractivity contribution in [1.29, 1.82) is 5.26 Å². The molecule has 2 aromatic rings. The van der Waals surface area contributed by atoms with Crippen molar-refractivity contribution in [1.82, 2.24) is 0 Å². The number of carbonyl (C=O) groups excluding carboxylic acids is 2. The molecular formula is C21H22N2O4. The minimum Gasteiger partial charge on any atom is -0.493 e. The number of para-hydroxylation sites is 1. The summed E-state index contributed by atoms with van der Waals surface area (Å²) in [5.74, 6) is -0.606. The Morgan fingerprint density at radius 2 is 1.81 bits per heavy atom. The van der Waals surface area contributed by atoms with Crippen LogP contribution in [0.5, 0.6) is 5.75 Å². The highest BCUT2D eigenvalue weighted by Gasteiger charge is 2.19. The lowest BCUT2D eigenvalue weighted by atomic mass is 10.2. The second-order valence-electron chi connectivity index (χ2n) is 5.79. The fraction of sp³-hybridized carbons (Fsp3) is 0.286. The summed E-state index contributed by atoms with van der Waals surface area (Å²) >= 11 is 0. The summed E-state index contributed by atoms with van der Waals surface area (Å²) in [7, 11) is 0. The second kappa shape index (κ2) is 9.97. The van der Waals surface area contributed by atoms with Crippen LogP contribution in [0.1, 0.15) is 29.3 Å². The summed E-state index contributed by atoms with van der Waals surface area (Å²) < 4.78 is 10.6. The average molecular weight is 366 g/mol. The summed E-state index contributed by atoms with van der Waals surface area (Å²) in [5.41, 5.74) is 1.99. The van der Waals surface area contributed by atoms with Crippen molar-refractivity contribution in [2.24, 2.45) is 0 Å². The normalized spacial score (nSPS) is 9.96. The van der Waals surface area contributed by atoms with Crippen LogP contribution in [0.3, 0.4) is 0 Å². The van der Waals surface area contributed by atoms with Gasteiger partial charge in [-0.25, -0.2) is 4.79 Å². The van der Waals surface area contributed by atoms with Crippen LogP contribution in [0.25, 0.3) is 0 Å². The third kappa shape index (κ3) is 5.58. The molecule has 2 rings (SSSR count). The third-order valence-corrected chi connectivity index (χ3v) is 3.83. The Hall–Kier alpha value is -3.33. The number of aryl methyl sites for hydroxylation is 1. The van der Waals surface area contributed by atoms with Gasteiger partial charge in [-0.3, -0.25) is 4.79 Å². The molecule has 0 saturated carbocycles. The number of rotatable bonds is 8. The minimum atomic E-state index is -0.628. The predicted octanol–water partition coefficient (Wildman–Crippen LogP) is 3.50.